The van der Waals surface area contributed by atoms with Gasteiger partial charge in [-0.05, 0) is 31.4 Å². The van der Waals surface area contributed by atoms with Gasteiger partial charge in [0.25, 0.3) is 0 Å². The Bertz CT molecular complexity index is 324. The molecule has 2 heterocycles. The van der Waals surface area contributed by atoms with Crippen molar-refractivity contribution in [3.05, 3.63) is 18.2 Å². The van der Waals surface area contributed by atoms with Crippen LogP contribution in [0.3, 0.4) is 0 Å². The van der Waals surface area contributed by atoms with Gasteiger partial charge < -0.3 is 4.57 Å². The third kappa shape index (κ3) is 2.22. The second kappa shape index (κ2) is 4.20. The predicted molar refractivity (Wildman–Crippen MR) is 64.3 cm³/mol. The van der Waals surface area contributed by atoms with Gasteiger partial charge in [-0.15, -0.1) is 0 Å². The summed E-state index contributed by atoms with van der Waals surface area (Å²) in [6.07, 6.45) is 11.1. The van der Waals surface area contributed by atoms with Gasteiger partial charge in [-0.25, -0.2) is 4.98 Å². The summed E-state index contributed by atoms with van der Waals surface area (Å²) < 4.78 is 2.40. The van der Waals surface area contributed by atoms with E-state index in [2.05, 4.69) is 27.5 Å². The second-order valence-corrected chi connectivity index (χ2v) is 6.14. The number of thioether (sulfide) groups is 1. The van der Waals surface area contributed by atoms with Crippen LogP contribution in [0.4, 0.5) is 0 Å². The lowest BCUT2D eigenvalue weighted by atomic mass is 10.2. The maximum absolute atomic E-state index is 4.30. The molecule has 1 saturated heterocycles. The average Bonchev–Trinajstić information content (AvgIpc) is 3.02. The Balaban J connectivity index is 1.67. The van der Waals surface area contributed by atoms with Gasteiger partial charge in [0.2, 0.25) is 0 Å². The third-order valence-electron chi connectivity index (χ3n) is 3.41. The zero-order chi connectivity index (χ0) is 10.1. The lowest BCUT2D eigenvalue weighted by Gasteiger charge is -2.22. The van der Waals surface area contributed by atoms with E-state index in [1.54, 1.807) is 0 Å². The maximum atomic E-state index is 4.30. The molecule has 1 unspecified atom stereocenters. The molecule has 15 heavy (non-hydrogen) atoms. The fourth-order valence-electron chi connectivity index (χ4n) is 2.37. The van der Waals surface area contributed by atoms with E-state index in [9.17, 15) is 0 Å². The number of nitrogens with zero attached hydrogens (tertiary/aromatic N) is 2. The van der Waals surface area contributed by atoms with Crippen molar-refractivity contribution >= 4 is 11.8 Å². The lowest BCUT2D eigenvalue weighted by molar-refractivity contribution is 0.570. The van der Waals surface area contributed by atoms with Crippen LogP contribution in [-0.2, 0) is 6.54 Å². The minimum Gasteiger partial charge on any atom is -0.333 e. The molecule has 0 N–H and O–H groups in total. The van der Waals surface area contributed by atoms with Crippen molar-refractivity contribution in [2.24, 2.45) is 0 Å². The van der Waals surface area contributed by atoms with Crippen molar-refractivity contribution in [1.29, 1.82) is 0 Å². The van der Waals surface area contributed by atoms with Gasteiger partial charge in [0.05, 0.1) is 6.33 Å². The Morgan fingerprint density at radius 1 is 1.33 bits per heavy atom. The van der Waals surface area contributed by atoms with E-state index in [0.717, 1.165) is 11.2 Å². The van der Waals surface area contributed by atoms with Gasteiger partial charge in [0, 0.05) is 29.6 Å². The number of imidazole rings is 1. The van der Waals surface area contributed by atoms with Crippen LogP contribution in [0.25, 0.3) is 0 Å². The molecule has 2 fully saturated rings. The molecule has 1 aliphatic heterocycles. The van der Waals surface area contributed by atoms with Gasteiger partial charge in [-0.3, -0.25) is 0 Å². The van der Waals surface area contributed by atoms with E-state index in [0.29, 0.717) is 0 Å². The van der Waals surface area contributed by atoms with Gasteiger partial charge in [0.1, 0.15) is 0 Å². The summed E-state index contributed by atoms with van der Waals surface area (Å²) in [7, 11) is 0. The van der Waals surface area contributed by atoms with Crippen LogP contribution >= 0.6 is 11.8 Å². The summed E-state index contributed by atoms with van der Waals surface area (Å²) in [5, 5.41) is 0.838. The summed E-state index contributed by atoms with van der Waals surface area (Å²) in [5.74, 6) is 2.19. The first-order valence-electron chi connectivity index (χ1n) is 6.05. The molecule has 82 valence electrons. The van der Waals surface area contributed by atoms with E-state index < -0.39 is 0 Å². The second-order valence-electron chi connectivity index (χ2n) is 4.73. The smallest absolute Gasteiger partial charge is 0.0948 e. The molecule has 0 amide bonds. The quantitative estimate of drug-likeness (QED) is 0.782. The highest BCUT2D eigenvalue weighted by molar-refractivity contribution is 7.99. The molecule has 0 aromatic carbocycles. The Labute approximate surface area is 95.5 Å². The van der Waals surface area contributed by atoms with Gasteiger partial charge in [-0.1, -0.05) is 6.42 Å². The van der Waals surface area contributed by atoms with E-state index in [4.69, 9.17) is 0 Å². The molecule has 0 bridgehead atoms. The topological polar surface area (TPSA) is 17.8 Å². The van der Waals surface area contributed by atoms with Gasteiger partial charge in [-0.2, -0.15) is 11.8 Å². The first-order valence-corrected chi connectivity index (χ1v) is 7.10. The molecule has 2 nitrogen and oxygen atoms in total. The SMILES string of the molecule is c1ncn(CC2CCCCS2)c1C1CC1. The first kappa shape index (κ1) is 9.76. The summed E-state index contributed by atoms with van der Waals surface area (Å²) >= 11 is 2.15. The Morgan fingerprint density at radius 3 is 3.00 bits per heavy atom. The van der Waals surface area contributed by atoms with Crippen molar-refractivity contribution in [2.75, 3.05) is 5.75 Å². The summed E-state index contributed by atoms with van der Waals surface area (Å²) in [4.78, 5) is 4.30. The summed E-state index contributed by atoms with van der Waals surface area (Å²) in [5.41, 5.74) is 1.49. The van der Waals surface area contributed by atoms with Crippen LogP contribution in [0.15, 0.2) is 12.5 Å². The van der Waals surface area contributed by atoms with E-state index in [1.807, 2.05) is 6.33 Å². The zero-order valence-electron chi connectivity index (χ0n) is 9.06. The minimum atomic E-state index is 0.834. The van der Waals surface area contributed by atoms with Crippen molar-refractivity contribution in [2.45, 2.75) is 49.8 Å². The number of hydrogen-bond acceptors (Lipinski definition) is 2. The third-order valence-corrected chi connectivity index (χ3v) is 4.80. The molecule has 1 saturated carbocycles. The molecule has 1 aromatic rings. The largest absolute Gasteiger partial charge is 0.333 e. The zero-order valence-corrected chi connectivity index (χ0v) is 9.88. The van der Waals surface area contributed by atoms with E-state index >= 15 is 0 Å². The van der Waals surface area contributed by atoms with Crippen LogP contribution in [0.5, 0.6) is 0 Å². The molecule has 1 aromatic heterocycles. The van der Waals surface area contributed by atoms with Crippen molar-refractivity contribution in [3.63, 3.8) is 0 Å². The highest BCUT2D eigenvalue weighted by Crippen LogP contribution is 2.40. The lowest BCUT2D eigenvalue weighted by Crippen LogP contribution is -2.17. The fraction of sp³-hybridized carbons (Fsp3) is 0.750. The Hall–Kier alpha value is -0.440. The number of aromatic nitrogens is 2. The predicted octanol–water partition coefficient (Wildman–Crippen LogP) is 3.05. The van der Waals surface area contributed by atoms with Gasteiger partial charge >= 0.3 is 0 Å². The van der Waals surface area contributed by atoms with Crippen LogP contribution in [0.1, 0.15) is 43.7 Å². The van der Waals surface area contributed by atoms with Crippen molar-refractivity contribution < 1.29 is 0 Å². The molecule has 2 aliphatic rings. The fourth-order valence-corrected chi connectivity index (χ4v) is 3.68. The maximum Gasteiger partial charge on any atom is 0.0948 e. The van der Waals surface area contributed by atoms with E-state index in [-0.39, 0.29) is 0 Å². The molecule has 0 spiro atoms. The molecule has 1 aliphatic carbocycles. The van der Waals surface area contributed by atoms with Gasteiger partial charge in [0.15, 0.2) is 0 Å². The Kier molecular flexibility index (Phi) is 2.74. The molecule has 3 rings (SSSR count). The monoisotopic (exact) mass is 222 g/mol. The minimum absolute atomic E-state index is 0.834. The van der Waals surface area contributed by atoms with Crippen LogP contribution < -0.4 is 0 Å². The standard InChI is InChI=1S/C12H18N2S/c1-2-6-15-11(3-1)8-14-9-13-7-12(14)10-4-5-10/h7,9-11H,1-6,8H2. The number of hydrogen-bond donors (Lipinski definition) is 0. The highest BCUT2D eigenvalue weighted by Gasteiger charge is 2.27. The summed E-state index contributed by atoms with van der Waals surface area (Å²) in [6, 6.07) is 0. The number of rotatable bonds is 3. The molecule has 3 heteroatoms. The molecule has 1 atom stereocenters. The Morgan fingerprint density at radius 2 is 2.27 bits per heavy atom. The van der Waals surface area contributed by atoms with Crippen molar-refractivity contribution in [1.82, 2.24) is 9.55 Å². The highest BCUT2D eigenvalue weighted by atomic mass is 32.2. The van der Waals surface area contributed by atoms with Crippen LogP contribution in [-0.4, -0.2) is 20.6 Å². The molecule has 0 radical (unpaired) electrons. The van der Waals surface area contributed by atoms with Crippen LogP contribution in [0.2, 0.25) is 0 Å². The average molecular weight is 222 g/mol. The van der Waals surface area contributed by atoms with E-state index in [1.165, 1.54) is 50.1 Å². The molecular formula is C12H18N2S. The normalized spacial score (nSPS) is 26.8. The van der Waals surface area contributed by atoms with Crippen molar-refractivity contribution in [3.8, 4) is 0 Å². The molecular weight excluding hydrogens is 204 g/mol. The summed E-state index contributed by atoms with van der Waals surface area (Å²) in [6.45, 7) is 1.19. The van der Waals surface area contributed by atoms with Crippen LogP contribution in [0, 0.1) is 0 Å². The first-order chi connectivity index (χ1) is 7.43.